The van der Waals surface area contributed by atoms with E-state index in [0.717, 1.165) is 5.56 Å². The van der Waals surface area contributed by atoms with Crippen molar-refractivity contribution in [3.05, 3.63) is 35.1 Å². The van der Waals surface area contributed by atoms with Gasteiger partial charge in [0.15, 0.2) is 0 Å². The lowest BCUT2D eigenvalue weighted by Crippen LogP contribution is -2.18. The Morgan fingerprint density at radius 1 is 1.12 bits per heavy atom. The number of carboxylic acids is 1. The van der Waals surface area contributed by atoms with Gasteiger partial charge in [-0.25, -0.2) is 4.39 Å². The van der Waals surface area contributed by atoms with Gasteiger partial charge >= 0.3 is 5.97 Å². The molecule has 1 N–H and O–H groups in total. The Morgan fingerprint density at radius 3 is 2.06 bits per heavy atom. The Labute approximate surface area is 101 Å². The van der Waals surface area contributed by atoms with Crippen LogP contribution in [0.15, 0.2) is 18.2 Å². The molecule has 0 bridgehead atoms. The lowest BCUT2D eigenvalue weighted by atomic mass is 9.86. The highest BCUT2D eigenvalue weighted by atomic mass is 19.1. The van der Waals surface area contributed by atoms with E-state index in [-0.39, 0.29) is 17.7 Å². The quantitative estimate of drug-likeness (QED) is 0.866. The first kappa shape index (κ1) is 13.7. The van der Waals surface area contributed by atoms with E-state index in [1.807, 2.05) is 27.7 Å². The molecule has 1 unspecified atom stereocenters. The van der Waals surface area contributed by atoms with Crippen molar-refractivity contribution in [2.75, 3.05) is 0 Å². The molecule has 0 amide bonds. The van der Waals surface area contributed by atoms with Crippen LogP contribution in [0.4, 0.5) is 4.39 Å². The molecule has 3 heteroatoms. The highest BCUT2D eigenvalue weighted by Crippen LogP contribution is 2.28. The number of hydrogen-bond donors (Lipinski definition) is 1. The summed E-state index contributed by atoms with van der Waals surface area (Å²) >= 11 is 0. The molecule has 1 atom stereocenters. The minimum Gasteiger partial charge on any atom is -0.481 e. The topological polar surface area (TPSA) is 37.3 Å². The van der Waals surface area contributed by atoms with Crippen LogP contribution < -0.4 is 0 Å². The minimum absolute atomic E-state index is 0.0608. The molecule has 94 valence electrons. The molecule has 0 aromatic heterocycles. The maximum Gasteiger partial charge on any atom is 0.311 e. The normalized spacial score (nSPS) is 13.1. The summed E-state index contributed by atoms with van der Waals surface area (Å²) in [6.45, 7) is 7.59. The zero-order chi connectivity index (χ0) is 13.2. The summed E-state index contributed by atoms with van der Waals surface area (Å²) in [4.78, 5) is 11.2. The monoisotopic (exact) mass is 238 g/mol. The molecule has 0 aliphatic heterocycles. The molecule has 1 aromatic rings. The summed E-state index contributed by atoms with van der Waals surface area (Å²) in [5.74, 6) is -1.79. The number of carbonyl (C=O) groups is 1. The van der Waals surface area contributed by atoms with Crippen LogP contribution in [0.3, 0.4) is 0 Å². The summed E-state index contributed by atoms with van der Waals surface area (Å²) in [5.41, 5.74) is 1.39. The Bertz CT molecular complexity index is 411. The Morgan fingerprint density at radius 2 is 1.65 bits per heavy atom. The lowest BCUT2D eigenvalue weighted by molar-refractivity contribution is -0.139. The van der Waals surface area contributed by atoms with E-state index < -0.39 is 11.9 Å². The summed E-state index contributed by atoms with van der Waals surface area (Å²) in [6, 6.07) is 4.59. The first-order valence-electron chi connectivity index (χ1n) is 5.86. The number of rotatable bonds is 4. The van der Waals surface area contributed by atoms with Crippen LogP contribution in [0.25, 0.3) is 0 Å². The predicted octanol–water partition coefficient (Wildman–Crippen LogP) is 3.77. The van der Waals surface area contributed by atoms with Crippen molar-refractivity contribution in [1.82, 2.24) is 0 Å². The van der Waals surface area contributed by atoms with Crippen molar-refractivity contribution in [1.29, 1.82) is 0 Å². The third kappa shape index (κ3) is 3.29. The zero-order valence-corrected chi connectivity index (χ0v) is 10.7. The standard InChI is InChI=1S/C14H19FO2/c1-8(2)10-5-11(7-12(15)6-10)13(9(3)4)14(16)17/h5-9,13H,1-4H3,(H,16,17). The molecule has 1 rings (SSSR count). The van der Waals surface area contributed by atoms with Gasteiger partial charge in [0.05, 0.1) is 5.92 Å². The SMILES string of the molecule is CC(C)c1cc(F)cc(C(C(=O)O)C(C)C)c1. The van der Waals surface area contributed by atoms with Crippen molar-refractivity contribution in [3.8, 4) is 0 Å². The fourth-order valence-corrected chi connectivity index (χ4v) is 1.96. The van der Waals surface area contributed by atoms with Crippen molar-refractivity contribution < 1.29 is 14.3 Å². The number of aliphatic carboxylic acids is 1. The van der Waals surface area contributed by atoms with Gasteiger partial charge in [0, 0.05) is 0 Å². The summed E-state index contributed by atoms with van der Waals surface area (Å²) in [6.07, 6.45) is 0. The van der Waals surface area contributed by atoms with E-state index >= 15 is 0 Å². The Balaban J connectivity index is 3.24. The molecule has 0 aliphatic rings. The molecule has 0 saturated carbocycles. The Hall–Kier alpha value is -1.38. The van der Waals surface area contributed by atoms with E-state index in [1.165, 1.54) is 12.1 Å². The maximum absolute atomic E-state index is 13.5. The van der Waals surface area contributed by atoms with E-state index in [9.17, 15) is 14.3 Å². The second-order valence-corrected chi connectivity index (χ2v) is 5.03. The van der Waals surface area contributed by atoms with Crippen molar-refractivity contribution >= 4 is 5.97 Å². The van der Waals surface area contributed by atoms with Gasteiger partial charge in [-0.1, -0.05) is 33.8 Å². The fourth-order valence-electron chi connectivity index (χ4n) is 1.96. The first-order chi connectivity index (χ1) is 7.82. The molecule has 0 aliphatic carbocycles. The number of carboxylic acid groups (broad SMARTS) is 1. The molecular weight excluding hydrogens is 219 g/mol. The average Bonchev–Trinajstić information content (AvgIpc) is 2.15. The highest BCUT2D eigenvalue weighted by molar-refractivity contribution is 5.76. The zero-order valence-electron chi connectivity index (χ0n) is 10.7. The van der Waals surface area contributed by atoms with Gasteiger partial charge in [-0.2, -0.15) is 0 Å². The largest absolute Gasteiger partial charge is 0.481 e. The molecule has 2 nitrogen and oxygen atoms in total. The maximum atomic E-state index is 13.5. The Kier molecular flexibility index (Phi) is 4.27. The van der Waals surface area contributed by atoms with E-state index in [0.29, 0.717) is 5.56 Å². The van der Waals surface area contributed by atoms with Gasteiger partial charge < -0.3 is 5.11 Å². The summed E-state index contributed by atoms with van der Waals surface area (Å²) in [7, 11) is 0. The van der Waals surface area contributed by atoms with Gasteiger partial charge in [-0.05, 0) is 35.1 Å². The first-order valence-corrected chi connectivity index (χ1v) is 5.86. The van der Waals surface area contributed by atoms with E-state index in [2.05, 4.69) is 0 Å². The molecular formula is C14H19FO2. The smallest absolute Gasteiger partial charge is 0.311 e. The van der Waals surface area contributed by atoms with Crippen molar-refractivity contribution in [2.45, 2.75) is 39.5 Å². The molecule has 0 heterocycles. The van der Waals surface area contributed by atoms with Crippen LogP contribution in [0.2, 0.25) is 0 Å². The molecule has 17 heavy (non-hydrogen) atoms. The second kappa shape index (κ2) is 5.30. The molecule has 0 saturated heterocycles. The third-order valence-electron chi connectivity index (χ3n) is 2.90. The van der Waals surface area contributed by atoms with E-state index in [1.54, 1.807) is 6.07 Å². The fraction of sp³-hybridized carbons (Fsp3) is 0.500. The second-order valence-electron chi connectivity index (χ2n) is 5.03. The van der Waals surface area contributed by atoms with Crippen LogP contribution in [0.5, 0.6) is 0 Å². The van der Waals surface area contributed by atoms with Crippen LogP contribution in [0, 0.1) is 11.7 Å². The van der Waals surface area contributed by atoms with Gasteiger partial charge in [0.1, 0.15) is 5.82 Å². The molecule has 0 radical (unpaired) electrons. The summed E-state index contributed by atoms with van der Waals surface area (Å²) in [5, 5.41) is 9.20. The number of halogens is 1. The van der Waals surface area contributed by atoms with Gasteiger partial charge in [-0.15, -0.1) is 0 Å². The molecule has 0 fully saturated rings. The number of benzene rings is 1. The van der Waals surface area contributed by atoms with Gasteiger partial charge in [0.2, 0.25) is 0 Å². The van der Waals surface area contributed by atoms with Crippen LogP contribution in [0.1, 0.15) is 50.7 Å². The predicted molar refractivity (Wildman–Crippen MR) is 65.7 cm³/mol. The average molecular weight is 238 g/mol. The van der Waals surface area contributed by atoms with Crippen LogP contribution >= 0.6 is 0 Å². The van der Waals surface area contributed by atoms with Gasteiger partial charge in [-0.3, -0.25) is 4.79 Å². The molecule has 0 spiro atoms. The van der Waals surface area contributed by atoms with E-state index in [4.69, 9.17) is 0 Å². The lowest BCUT2D eigenvalue weighted by Gasteiger charge is -2.18. The summed E-state index contributed by atoms with van der Waals surface area (Å²) < 4.78 is 13.5. The minimum atomic E-state index is -0.902. The molecule has 1 aromatic carbocycles. The van der Waals surface area contributed by atoms with Crippen LogP contribution in [-0.4, -0.2) is 11.1 Å². The van der Waals surface area contributed by atoms with Gasteiger partial charge in [0.25, 0.3) is 0 Å². The van der Waals surface area contributed by atoms with Crippen molar-refractivity contribution in [3.63, 3.8) is 0 Å². The van der Waals surface area contributed by atoms with Crippen molar-refractivity contribution in [2.24, 2.45) is 5.92 Å². The van der Waals surface area contributed by atoms with Crippen LogP contribution in [-0.2, 0) is 4.79 Å². The third-order valence-corrected chi connectivity index (χ3v) is 2.90. The highest BCUT2D eigenvalue weighted by Gasteiger charge is 2.24. The number of hydrogen-bond acceptors (Lipinski definition) is 1.